The Morgan fingerprint density at radius 1 is 1.00 bits per heavy atom. The molecule has 0 aliphatic carbocycles. The summed E-state index contributed by atoms with van der Waals surface area (Å²) < 4.78 is 107. The first kappa shape index (κ1) is 22.5. The van der Waals surface area contributed by atoms with Gasteiger partial charge in [0.2, 0.25) is 0 Å². The minimum atomic E-state index is -5.07. The quantitative estimate of drug-likeness (QED) is 0.688. The summed E-state index contributed by atoms with van der Waals surface area (Å²) in [6.45, 7) is 0. The van der Waals surface area contributed by atoms with Gasteiger partial charge in [-0.1, -0.05) is 0 Å². The second-order valence-electron chi connectivity index (χ2n) is 5.96. The Balaban J connectivity index is 2.59. The van der Waals surface area contributed by atoms with Gasteiger partial charge in [0.15, 0.2) is 9.84 Å². The van der Waals surface area contributed by atoms with Crippen LogP contribution in [0, 0.1) is 0 Å². The molecular formula is C17H12F6O5S. The molecule has 0 spiro atoms. The SMILES string of the molecule is CS(=O)(=O)c1ccc(Oc2cc(CC(=O)O)cc(C(F)(F)F)c2)c(C(F)(F)F)c1. The van der Waals surface area contributed by atoms with Gasteiger partial charge in [0.25, 0.3) is 0 Å². The number of carboxylic acids is 1. The fourth-order valence-corrected chi connectivity index (χ4v) is 2.98. The lowest BCUT2D eigenvalue weighted by atomic mass is 10.1. The monoisotopic (exact) mass is 442 g/mol. The molecule has 0 bridgehead atoms. The van der Waals surface area contributed by atoms with Crippen LogP contribution >= 0.6 is 0 Å². The van der Waals surface area contributed by atoms with Crippen LogP contribution in [-0.2, 0) is 33.4 Å². The van der Waals surface area contributed by atoms with Crippen LogP contribution < -0.4 is 4.74 Å². The number of rotatable bonds is 5. The summed E-state index contributed by atoms with van der Waals surface area (Å²) in [5.74, 6) is -3.08. The maximum atomic E-state index is 13.3. The fourth-order valence-electron chi connectivity index (χ4n) is 2.34. The van der Waals surface area contributed by atoms with Crippen LogP contribution in [0.1, 0.15) is 16.7 Å². The van der Waals surface area contributed by atoms with E-state index >= 15 is 0 Å². The highest BCUT2D eigenvalue weighted by Gasteiger charge is 2.36. The molecule has 0 aliphatic heterocycles. The van der Waals surface area contributed by atoms with E-state index in [-0.39, 0.29) is 5.56 Å². The van der Waals surface area contributed by atoms with E-state index in [1.165, 1.54) is 0 Å². The third-order valence-electron chi connectivity index (χ3n) is 3.56. The lowest BCUT2D eigenvalue weighted by Crippen LogP contribution is -2.10. The number of sulfone groups is 1. The second kappa shape index (κ2) is 7.58. The van der Waals surface area contributed by atoms with Gasteiger partial charge in [-0.25, -0.2) is 8.42 Å². The van der Waals surface area contributed by atoms with Crippen molar-refractivity contribution in [2.24, 2.45) is 0 Å². The summed E-state index contributed by atoms with van der Waals surface area (Å²) in [5.41, 5.74) is -3.17. The lowest BCUT2D eigenvalue weighted by Gasteiger charge is -2.16. The van der Waals surface area contributed by atoms with Crippen LogP contribution in [0.5, 0.6) is 11.5 Å². The number of hydrogen-bond donors (Lipinski definition) is 1. The van der Waals surface area contributed by atoms with Crippen LogP contribution in [0.4, 0.5) is 26.3 Å². The number of aliphatic carboxylic acids is 1. The van der Waals surface area contributed by atoms with Crippen molar-refractivity contribution in [3.05, 3.63) is 53.1 Å². The zero-order chi connectivity index (χ0) is 22.2. The van der Waals surface area contributed by atoms with E-state index < -0.39 is 62.1 Å². The fraction of sp³-hybridized carbons (Fsp3) is 0.235. The Hall–Kier alpha value is -2.76. The van der Waals surface area contributed by atoms with E-state index in [1.54, 1.807) is 0 Å². The van der Waals surface area contributed by atoms with Crippen molar-refractivity contribution in [2.75, 3.05) is 6.26 Å². The largest absolute Gasteiger partial charge is 0.481 e. The summed E-state index contributed by atoms with van der Waals surface area (Å²) >= 11 is 0. The Bertz CT molecular complexity index is 1040. The predicted molar refractivity (Wildman–Crippen MR) is 87.4 cm³/mol. The van der Waals surface area contributed by atoms with E-state index in [1.807, 2.05) is 0 Å². The lowest BCUT2D eigenvalue weighted by molar-refractivity contribution is -0.139. The third kappa shape index (κ3) is 5.86. The molecule has 0 heterocycles. The maximum absolute atomic E-state index is 13.3. The Kier molecular flexibility index (Phi) is 5.89. The van der Waals surface area contributed by atoms with Gasteiger partial charge in [-0.3, -0.25) is 4.79 Å². The number of alkyl halides is 6. The first-order valence-electron chi connectivity index (χ1n) is 7.59. The van der Waals surface area contributed by atoms with Crippen molar-refractivity contribution in [3.63, 3.8) is 0 Å². The van der Waals surface area contributed by atoms with Crippen molar-refractivity contribution in [1.29, 1.82) is 0 Å². The molecule has 2 aromatic rings. The first-order valence-corrected chi connectivity index (χ1v) is 9.48. The van der Waals surface area contributed by atoms with Crippen molar-refractivity contribution >= 4 is 15.8 Å². The Labute approximate surface area is 160 Å². The Morgan fingerprint density at radius 3 is 2.10 bits per heavy atom. The molecule has 5 nitrogen and oxygen atoms in total. The zero-order valence-electron chi connectivity index (χ0n) is 14.4. The number of halogens is 6. The van der Waals surface area contributed by atoms with Gasteiger partial charge in [-0.05, 0) is 42.0 Å². The molecular weight excluding hydrogens is 430 g/mol. The summed E-state index contributed by atoms with van der Waals surface area (Å²) in [4.78, 5) is 10.1. The highest BCUT2D eigenvalue weighted by molar-refractivity contribution is 7.90. The van der Waals surface area contributed by atoms with E-state index in [4.69, 9.17) is 9.84 Å². The van der Waals surface area contributed by atoms with Crippen LogP contribution in [0.15, 0.2) is 41.3 Å². The van der Waals surface area contributed by atoms with Gasteiger partial charge in [-0.15, -0.1) is 0 Å². The smallest absolute Gasteiger partial charge is 0.420 e. The number of carbonyl (C=O) groups is 1. The molecule has 29 heavy (non-hydrogen) atoms. The summed E-state index contributed by atoms with van der Waals surface area (Å²) in [6.07, 6.45) is -10.1. The van der Waals surface area contributed by atoms with Crippen molar-refractivity contribution in [3.8, 4) is 11.5 Å². The molecule has 0 unspecified atom stereocenters. The normalized spacial score (nSPS) is 12.7. The van der Waals surface area contributed by atoms with Gasteiger partial charge in [0.1, 0.15) is 11.5 Å². The Morgan fingerprint density at radius 2 is 1.62 bits per heavy atom. The molecule has 0 fully saturated rings. The second-order valence-corrected chi connectivity index (χ2v) is 7.98. The molecule has 0 aliphatic rings. The van der Waals surface area contributed by atoms with Gasteiger partial charge >= 0.3 is 18.3 Å². The number of carboxylic acid groups (broad SMARTS) is 1. The van der Waals surface area contributed by atoms with Gasteiger partial charge in [0, 0.05) is 6.26 Å². The number of ether oxygens (including phenoxy) is 1. The first-order chi connectivity index (χ1) is 13.1. The molecule has 2 rings (SSSR count). The maximum Gasteiger partial charge on any atom is 0.420 e. The zero-order valence-corrected chi connectivity index (χ0v) is 15.2. The van der Waals surface area contributed by atoms with Crippen LogP contribution in [0.2, 0.25) is 0 Å². The van der Waals surface area contributed by atoms with E-state index in [0.717, 1.165) is 12.1 Å². The molecule has 1 N–H and O–H groups in total. The molecule has 0 radical (unpaired) electrons. The van der Waals surface area contributed by atoms with E-state index in [0.29, 0.717) is 30.5 Å². The van der Waals surface area contributed by atoms with E-state index in [9.17, 15) is 39.6 Å². The molecule has 2 aromatic carbocycles. The number of hydrogen-bond acceptors (Lipinski definition) is 4. The van der Waals surface area contributed by atoms with Crippen LogP contribution in [-0.4, -0.2) is 25.7 Å². The van der Waals surface area contributed by atoms with Crippen LogP contribution in [0.3, 0.4) is 0 Å². The average Bonchev–Trinajstić information content (AvgIpc) is 2.51. The minimum absolute atomic E-state index is 0.302. The highest BCUT2D eigenvalue weighted by atomic mass is 32.2. The summed E-state index contributed by atoms with van der Waals surface area (Å²) in [7, 11) is -3.99. The van der Waals surface area contributed by atoms with Gasteiger partial charge < -0.3 is 9.84 Å². The van der Waals surface area contributed by atoms with Gasteiger partial charge in [-0.2, -0.15) is 26.3 Å². The molecule has 0 saturated heterocycles. The molecule has 0 amide bonds. The van der Waals surface area contributed by atoms with Crippen molar-refractivity contribution in [2.45, 2.75) is 23.7 Å². The van der Waals surface area contributed by atoms with Crippen molar-refractivity contribution in [1.82, 2.24) is 0 Å². The predicted octanol–water partition coefficient (Wildman–Crippen LogP) is 4.55. The number of benzene rings is 2. The van der Waals surface area contributed by atoms with Crippen molar-refractivity contribution < 1.29 is 49.4 Å². The highest BCUT2D eigenvalue weighted by Crippen LogP contribution is 2.41. The van der Waals surface area contributed by atoms with E-state index in [2.05, 4.69) is 0 Å². The topological polar surface area (TPSA) is 80.7 Å². The minimum Gasteiger partial charge on any atom is -0.481 e. The average molecular weight is 442 g/mol. The molecule has 0 saturated carbocycles. The standard InChI is InChI=1S/C17H12F6O5S/c1-29(26,27)12-2-3-14(13(8-12)17(21,22)23)28-11-5-9(6-15(24)25)4-10(7-11)16(18,19)20/h2-5,7-8H,6H2,1H3,(H,24,25). The molecule has 12 heteroatoms. The summed E-state index contributed by atoms with van der Waals surface area (Å²) in [6, 6.07) is 3.58. The van der Waals surface area contributed by atoms with Crippen LogP contribution in [0.25, 0.3) is 0 Å². The summed E-state index contributed by atoms with van der Waals surface area (Å²) in [5, 5.41) is 8.77. The molecule has 158 valence electrons. The molecule has 0 atom stereocenters. The van der Waals surface area contributed by atoms with Gasteiger partial charge in [0.05, 0.1) is 22.4 Å². The third-order valence-corrected chi connectivity index (χ3v) is 4.67. The molecule has 0 aromatic heterocycles.